The molecule has 0 spiro atoms. The van der Waals surface area contributed by atoms with Gasteiger partial charge in [0.15, 0.2) is 0 Å². The number of nitrogens with zero attached hydrogens (tertiary/aromatic N) is 1. The molecule has 1 atom stereocenters. The van der Waals surface area contributed by atoms with Crippen molar-refractivity contribution in [2.75, 3.05) is 36.2 Å². The van der Waals surface area contributed by atoms with Crippen LogP contribution in [0, 0.1) is 0 Å². The monoisotopic (exact) mass is 446 g/mol. The molecule has 0 radical (unpaired) electrons. The van der Waals surface area contributed by atoms with Crippen molar-refractivity contribution in [2.24, 2.45) is 5.73 Å². The number of unbranched alkanes of at least 4 members (excludes halogenated alkanes) is 1. The highest BCUT2D eigenvalue weighted by atomic mass is 35.5. The molecule has 29 heavy (non-hydrogen) atoms. The molecule has 9 heteroatoms. The Morgan fingerprint density at radius 3 is 2.34 bits per heavy atom. The number of benzene rings is 1. The summed E-state index contributed by atoms with van der Waals surface area (Å²) in [6, 6.07) is 8.02. The van der Waals surface area contributed by atoms with Gasteiger partial charge in [0.2, 0.25) is 15.9 Å². The summed E-state index contributed by atoms with van der Waals surface area (Å²) >= 11 is 4.64. The van der Waals surface area contributed by atoms with Gasteiger partial charge < -0.3 is 16.0 Å². The summed E-state index contributed by atoms with van der Waals surface area (Å²) in [4.78, 5) is 14.3. The largest absolute Gasteiger partial charge is 0.370 e. The third kappa shape index (κ3) is 8.50. The molecule has 0 aromatic heterocycles. The standard InChI is InChI=1S/C19H32N4O3S.CH3Cl/c1-19(2,3)27(25,26)21-12-5-4-6-18(24)22-16-7-9-17(10-8-16)23-13-11-15(20)14-23;1-2/h7-10,15,21H,4-6,11-14,20H2,1-3H3,(H,22,24);1H3. The zero-order valence-corrected chi connectivity index (χ0v) is 19.4. The molecule has 0 aliphatic carbocycles. The first kappa shape index (κ1) is 25.7. The highest BCUT2D eigenvalue weighted by Crippen LogP contribution is 2.22. The van der Waals surface area contributed by atoms with Crippen LogP contribution in [0.4, 0.5) is 11.4 Å². The molecule has 7 nitrogen and oxygen atoms in total. The summed E-state index contributed by atoms with van der Waals surface area (Å²) in [7, 11) is -3.32. The molecule has 0 saturated carbocycles. The molecule has 1 saturated heterocycles. The van der Waals surface area contributed by atoms with Gasteiger partial charge in [0, 0.05) is 49.9 Å². The van der Waals surface area contributed by atoms with Gasteiger partial charge in [-0.15, -0.1) is 11.6 Å². The number of hydrogen-bond donors (Lipinski definition) is 3. The quantitative estimate of drug-likeness (QED) is 0.420. The maximum atomic E-state index is 12.0. The van der Waals surface area contributed by atoms with Gasteiger partial charge in [0.05, 0.1) is 4.75 Å². The van der Waals surface area contributed by atoms with Crippen molar-refractivity contribution in [1.29, 1.82) is 0 Å². The van der Waals surface area contributed by atoms with Crippen molar-refractivity contribution in [3.8, 4) is 0 Å². The molecule has 1 aromatic rings. The van der Waals surface area contributed by atoms with E-state index >= 15 is 0 Å². The Balaban J connectivity index is 0.00000204. The van der Waals surface area contributed by atoms with Crippen molar-refractivity contribution in [2.45, 2.75) is 57.2 Å². The smallest absolute Gasteiger partial charge is 0.224 e. The molecule has 1 fully saturated rings. The van der Waals surface area contributed by atoms with Gasteiger partial charge >= 0.3 is 0 Å². The van der Waals surface area contributed by atoms with Crippen LogP contribution < -0.4 is 20.7 Å². The van der Waals surface area contributed by atoms with Crippen LogP contribution in [0.2, 0.25) is 0 Å². The van der Waals surface area contributed by atoms with Crippen LogP contribution in [-0.2, 0) is 14.8 Å². The van der Waals surface area contributed by atoms with Crippen LogP contribution in [0.25, 0.3) is 0 Å². The first-order valence-electron chi connectivity index (χ1n) is 9.86. The summed E-state index contributed by atoms with van der Waals surface area (Å²) in [5, 5.41) is 2.88. The van der Waals surface area contributed by atoms with E-state index in [4.69, 9.17) is 5.73 Å². The van der Waals surface area contributed by atoms with Gasteiger partial charge in [-0.1, -0.05) is 0 Å². The van der Waals surface area contributed by atoms with Crippen molar-refractivity contribution < 1.29 is 13.2 Å². The Morgan fingerprint density at radius 2 is 1.83 bits per heavy atom. The van der Waals surface area contributed by atoms with Gasteiger partial charge in [0.1, 0.15) is 0 Å². The van der Waals surface area contributed by atoms with Gasteiger partial charge in [-0.25, -0.2) is 13.1 Å². The minimum Gasteiger partial charge on any atom is -0.370 e. The van der Waals surface area contributed by atoms with Crippen LogP contribution in [-0.4, -0.2) is 51.1 Å². The van der Waals surface area contributed by atoms with Crippen LogP contribution in [0.15, 0.2) is 24.3 Å². The van der Waals surface area contributed by atoms with E-state index in [1.54, 1.807) is 20.8 Å². The summed E-state index contributed by atoms with van der Waals surface area (Å²) in [5.41, 5.74) is 7.82. The molecule has 0 bridgehead atoms. The minimum absolute atomic E-state index is 0.0652. The topological polar surface area (TPSA) is 105 Å². The number of anilines is 2. The van der Waals surface area contributed by atoms with E-state index in [-0.39, 0.29) is 11.9 Å². The van der Waals surface area contributed by atoms with E-state index in [9.17, 15) is 13.2 Å². The zero-order chi connectivity index (χ0) is 22.1. The normalized spacial score (nSPS) is 16.9. The van der Waals surface area contributed by atoms with Gasteiger partial charge in [-0.2, -0.15) is 0 Å². The van der Waals surface area contributed by atoms with Crippen molar-refractivity contribution >= 4 is 38.9 Å². The van der Waals surface area contributed by atoms with Gasteiger partial charge in [0.25, 0.3) is 0 Å². The lowest BCUT2D eigenvalue weighted by Crippen LogP contribution is -2.39. The highest BCUT2D eigenvalue weighted by Gasteiger charge is 2.28. The first-order chi connectivity index (χ1) is 13.6. The molecule has 1 aromatic carbocycles. The number of rotatable bonds is 8. The van der Waals surface area contributed by atoms with Crippen molar-refractivity contribution in [1.82, 2.24) is 4.72 Å². The molecule has 1 aliphatic heterocycles. The minimum atomic E-state index is -3.32. The average Bonchev–Trinajstić information content (AvgIpc) is 3.09. The van der Waals surface area contributed by atoms with Crippen molar-refractivity contribution in [3.63, 3.8) is 0 Å². The SMILES string of the molecule is CC(C)(C)S(=O)(=O)NCCCCC(=O)Nc1ccc(N2CCC(N)C2)cc1.CCl. The lowest BCUT2D eigenvalue weighted by Gasteiger charge is -2.19. The van der Waals surface area contributed by atoms with Gasteiger partial charge in [-0.3, -0.25) is 4.79 Å². The summed E-state index contributed by atoms with van der Waals surface area (Å²) < 4.78 is 25.6. The predicted molar refractivity (Wildman–Crippen MR) is 122 cm³/mol. The summed E-state index contributed by atoms with van der Waals surface area (Å²) in [5.74, 6) is -0.0652. The lowest BCUT2D eigenvalue weighted by atomic mass is 10.2. The van der Waals surface area contributed by atoms with Crippen LogP contribution in [0.3, 0.4) is 0 Å². The Hall–Kier alpha value is -1.35. The number of halogens is 1. The maximum Gasteiger partial charge on any atom is 0.224 e. The summed E-state index contributed by atoms with van der Waals surface area (Å²) in [6.07, 6.45) is 4.09. The van der Waals surface area contributed by atoms with E-state index in [0.717, 1.165) is 30.9 Å². The molecule has 1 heterocycles. The van der Waals surface area contributed by atoms with Crippen LogP contribution in [0.5, 0.6) is 0 Å². The Kier molecular flexibility index (Phi) is 10.4. The first-order valence-corrected chi connectivity index (χ1v) is 12.1. The van der Waals surface area contributed by atoms with Crippen LogP contribution in [0.1, 0.15) is 46.5 Å². The number of amides is 1. The Morgan fingerprint density at radius 1 is 1.21 bits per heavy atom. The second-order valence-electron chi connectivity index (χ2n) is 8.06. The molecule has 1 aliphatic rings. The van der Waals surface area contributed by atoms with E-state index in [0.29, 0.717) is 25.8 Å². The molecule has 1 amide bonds. The lowest BCUT2D eigenvalue weighted by molar-refractivity contribution is -0.116. The predicted octanol–water partition coefficient (Wildman–Crippen LogP) is 2.91. The molecular weight excluding hydrogens is 412 g/mol. The molecule has 2 rings (SSSR count). The maximum absolute atomic E-state index is 12.0. The average molecular weight is 447 g/mol. The van der Waals surface area contributed by atoms with E-state index < -0.39 is 14.8 Å². The fraction of sp³-hybridized carbons (Fsp3) is 0.650. The fourth-order valence-electron chi connectivity index (χ4n) is 2.83. The Bertz CT molecular complexity index is 733. The van der Waals surface area contributed by atoms with E-state index in [2.05, 4.69) is 26.5 Å². The third-order valence-corrected chi connectivity index (χ3v) is 6.87. The zero-order valence-electron chi connectivity index (χ0n) is 17.9. The number of carbonyl (C=O) groups excluding carboxylic acids is 1. The number of hydrogen-bond acceptors (Lipinski definition) is 5. The third-order valence-electron chi connectivity index (χ3n) is 4.67. The number of alkyl halides is 1. The molecule has 4 N–H and O–H groups in total. The van der Waals surface area contributed by atoms with Crippen molar-refractivity contribution in [3.05, 3.63) is 24.3 Å². The number of nitrogens with two attached hydrogens (primary N) is 1. The second kappa shape index (κ2) is 11.7. The summed E-state index contributed by atoms with van der Waals surface area (Å²) in [6.45, 7) is 7.15. The van der Waals surface area contributed by atoms with E-state index in [1.165, 1.54) is 6.38 Å². The fourth-order valence-corrected chi connectivity index (χ4v) is 3.68. The van der Waals surface area contributed by atoms with E-state index in [1.807, 2.05) is 24.3 Å². The Labute approximate surface area is 180 Å². The number of nitrogens with one attached hydrogen (secondary N) is 2. The molecular formula is C20H35ClN4O3S. The number of carbonyl (C=O) groups is 1. The van der Waals surface area contributed by atoms with Crippen LogP contribution >= 0.6 is 11.6 Å². The second-order valence-corrected chi connectivity index (χ2v) is 10.6. The number of sulfonamides is 1. The molecule has 1 unspecified atom stereocenters. The molecule has 166 valence electrons. The highest BCUT2D eigenvalue weighted by molar-refractivity contribution is 7.90. The van der Waals surface area contributed by atoms with Gasteiger partial charge in [-0.05, 0) is 64.3 Å².